The monoisotopic (exact) mass is 1520 g/mol. The van der Waals surface area contributed by atoms with E-state index in [-0.39, 0.29) is 42.2 Å². The number of hydroxylamine groups is 3. The van der Waals surface area contributed by atoms with Gasteiger partial charge in [0.15, 0.2) is 0 Å². The number of quaternary nitrogens is 2. The summed E-state index contributed by atoms with van der Waals surface area (Å²) in [7, 11) is -9.41. The third kappa shape index (κ3) is 17.6. The number of sulfonamides is 3. The first-order valence-corrected chi connectivity index (χ1v) is 37.9. The predicted octanol–water partition coefficient (Wildman–Crippen LogP) is 16.7. The normalized spacial score (nSPS) is 18.7. The van der Waals surface area contributed by atoms with Gasteiger partial charge in [-0.1, -0.05) is 142 Å². The summed E-state index contributed by atoms with van der Waals surface area (Å²) in [4.78, 5) is 2.10. The molecule has 3 saturated heterocycles. The molecule has 3 heterocycles. The van der Waals surface area contributed by atoms with Gasteiger partial charge < -0.3 is 14.3 Å². The van der Waals surface area contributed by atoms with Crippen molar-refractivity contribution in [1.29, 1.82) is 0 Å². The van der Waals surface area contributed by atoms with Crippen LogP contribution < -0.4 is 12.9 Å². The van der Waals surface area contributed by atoms with E-state index in [0.29, 0.717) is 84.1 Å². The maximum Gasteiger partial charge on any atom is 0.232 e. The molecule has 3 aliphatic rings. The van der Waals surface area contributed by atoms with Crippen molar-refractivity contribution in [2.75, 3.05) is 78.0 Å². The molecule has 9 aromatic rings. The Morgan fingerprint density at radius 1 is 0.367 bits per heavy atom. The maximum atomic E-state index is 13.9. The molecular weight excluding hydrogens is 1460 g/mol. The lowest BCUT2D eigenvalue weighted by Gasteiger charge is -2.60. The van der Waals surface area contributed by atoms with E-state index in [0.717, 1.165) is 96.4 Å². The van der Waals surface area contributed by atoms with Crippen molar-refractivity contribution in [3.8, 4) is 0 Å². The van der Waals surface area contributed by atoms with Crippen molar-refractivity contribution in [3.05, 3.63) is 304 Å². The predicted molar refractivity (Wildman–Crippen MR) is 378 cm³/mol. The summed E-state index contributed by atoms with van der Waals surface area (Å²) < 4.78 is 161. The topological polar surface area (TPSA) is 138 Å². The fourth-order valence-corrected chi connectivity index (χ4v) is 17.5. The van der Waals surface area contributed by atoms with Crippen LogP contribution in [-0.2, 0) is 30.1 Å². The number of likely N-dealkylation sites (N-methyl/N-ethyl adjacent to an activating group) is 1. The minimum atomic E-state index is -3.91. The van der Waals surface area contributed by atoms with Crippen molar-refractivity contribution in [2.24, 2.45) is 0 Å². The maximum absolute atomic E-state index is 13.9. The highest BCUT2D eigenvalue weighted by Crippen LogP contribution is 2.45. The van der Waals surface area contributed by atoms with Crippen molar-refractivity contribution < 1.29 is 60.7 Å². The minimum absolute atomic E-state index is 0.0132. The third-order valence-electron chi connectivity index (χ3n) is 17.1. The lowest BCUT2D eigenvalue weighted by molar-refractivity contribution is -0.970. The Kier molecular flexibility index (Phi) is 22.6. The van der Waals surface area contributed by atoms with Gasteiger partial charge in [-0.2, -0.15) is 0 Å². The number of benzene rings is 9. The molecule has 0 aliphatic carbocycles. The molecule has 0 spiro atoms. The Bertz CT molecular complexity index is 4290. The zero-order valence-corrected chi connectivity index (χ0v) is 59.5. The molecule has 28 heteroatoms. The average molecular weight is 1520 g/mol. The molecule has 516 valence electrons. The van der Waals surface area contributed by atoms with E-state index < -0.39 is 93.8 Å². The third-order valence-corrected chi connectivity index (χ3v) is 22.3. The van der Waals surface area contributed by atoms with Crippen molar-refractivity contribution in [1.82, 2.24) is 4.90 Å². The summed E-state index contributed by atoms with van der Waals surface area (Å²) >= 11 is 36.3. The Balaban J connectivity index is 0.000000159. The number of anilines is 3. The molecule has 0 amide bonds. The van der Waals surface area contributed by atoms with Gasteiger partial charge in [-0.25, -0.2) is 51.6 Å². The second kappa shape index (κ2) is 29.9. The largest absolute Gasteiger partial charge is 0.632 e. The van der Waals surface area contributed by atoms with Crippen LogP contribution >= 0.6 is 69.6 Å². The fraction of sp³-hybridized carbons (Fsp3) is 0.229. The Hall–Kier alpha value is -6.61. The number of hydrogen-bond acceptors (Lipinski definition) is 8. The van der Waals surface area contributed by atoms with Crippen molar-refractivity contribution in [3.63, 3.8) is 0 Å². The van der Waals surface area contributed by atoms with Gasteiger partial charge in [0.05, 0.1) is 55.0 Å². The van der Waals surface area contributed by atoms with Crippen LogP contribution in [0.2, 0.25) is 30.1 Å². The molecule has 0 atom stereocenters. The van der Waals surface area contributed by atoms with Crippen LogP contribution in [0, 0.1) is 40.1 Å². The second-order valence-electron chi connectivity index (χ2n) is 24.7. The summed E-state index contributed by atoms with van der Waals surface area (Å²) in [5.74, 6) is -5.11. The fourth-order valence-electron chi connectivity index (χ4n) is 13.3. The lowest BCUT2D eigenvalue weighted by atomic mass is 9.90. The van der Waals surface area contributed by atoms with Gasteiger partial charge in [0.1, 0.15) is 85.2 Å². The summed E-state index contributed by atoms with van der Waals surface area (Å²) in [6, 6.07) is 49.3. The first-order valence-electron chi connectivity index (χ1n) is 30.1. The van der Waals surface area contributed by atoms with Crippen LogP contribution in [0.15, 0.2) is 200 Å². The molecule has 3 fully saturated rings. The molecule has 0 radical (unpaired) electrons. The van der Waals surface area contributed by atoms with E-state index in [4.69, 9.17) is 69.6 Å². The van der Waals surface area contributed by atoms with Crippen molar-refractivity contribution in [2.45, 2.75) is 36.3 Å². The van der Waals surface area contributed by atoms with E-state index in [1.807, 2.05) is 79.8 Å². The van der Waals surface area contributed by atoms with Gasteiger partial charge in [0.2, 0.25) is 30.1 Å². The number of halogens is 12. The molecule has 0 unspecified atom stereocenters. The lowest BCUT2D eigenvalue weighted by Crippen LogP contribution is -2.71. The number of hydrogen-bond donors (Lipinski definition) is 0. The van der Waals surface area contributed by atoms with Crippen molar-refractivity contribution >= 4 is 117 Å². The Morgan fingerprint density at radius 3 is 0.847 bits per heavy atom. The molecule has 0 bridgehead atoms. The standard InChI is InChI=1S/C24H23Cl2F2N2O2S.C23H20Cl2F2N2O3S.C23H20Cl2F2N2O2S/c1-30(24(16-3-7-18(25)8-4-16)17-5-9-19(26)10-6-17)14-23(15-30)29(33(2,31)32)22-12-20(27)11-21(28)13-22;1-33(31,32)28(21-11-19(26)10-20(27)12-21)22-13-29(30,14-22)23(15-2-6-17(24)7-3-15)16-4-8-18(25)9-5-16;1-32(30,31)29(21-11-19(26)10-20(27)12-21)22-13-28(14-22)23(15-2-6-17(24)7-3-15)16-4-8-18(25)9-5-16/h3-13,23-24H,14-15H2,1-2H3;2-12,22-23H,13-14H2,1H3;2-12,22-23H,13-14H2,1H3/q+1;;. The first-order chi connectivity index (χ1) is 46.0. The molecule has 98 heavy (non-hydrogen) atoms. The minimum Gasteiger partial charge on any atom is -0.632 e. The smallest absolute Gasteiger partial charge is 0.232 e. The molecule has 3 aliphatic heterocycles. The van der Waals surface area contributed by atoms with Gasteiger partial charge in [-0.3, -0.25) is 17.8 Å². The highest BCUT2D eigenvalue weighted by Gasteiger charge is 2.53. The van der Waals surface area contributed by atoms with Gasteiger partial charge in [0, 0.05) is 83.7 Å². The number of rotatable bonds is 18. The molecule has 0 aromatic heterocycles. The quantitative estimate of drug-likeness (QED) is 0.0470. The molecule has 9 aromatic carbocycles. The summed E-state index contributed by atoms with van der Waals surface area (Å²) in [6.07, 6.45) is 3.03. The summed E-state index contributed by atoms with van der Waals surface area (Å²) in [5, 5.41) is 17.4. The SMILES string of the molecule is CS(=O)(=O)N(c1cc(F)cc(F)c1)C1CN(C(c2ccc(Cl)cc2)c2ccc(Cl)cc2)C1.CS(=O)(=O)N(c1cc(F)cc(F)c1)C1C[N+]([O-])(C(c2ccc(Cl)cc2)c2ccc(Cl)cc2)C1.C[N+]1(C(c2ccc(Cl)cc2)c2ccc(Cl)cc2)CC(N(c2cc(F)cc(F)c2)S(C)(=O)=O)C1. The zero-order chi connectivity index (χ0) is 71.0. The van der Waals surface area contributed by atoms with Crippen LogP contribution in [0.4, 0.5) is 43.4 Å². The van der Waals surface area contributed by atoms with E-state index in [1.165, 1.54) is 0 Å². The van der Waals surface area contributed by atoms with Gasteiger partial charge in [-0.15, -0.1) is 0 Å². The van der Waals surface area contributed by atoms with Gasteiger partial charge in [0.25, 0.3) is 0 Å². The second-order valence-corrected chi connectivity index (χ2v) is 32.9. The Labute approximate surface area is 596 Å². The van der Waals surface area contributed by atoms with Gasteiger partial charge >= 0.3 is 0 Å². The first kappa shape index (κ1) is 74.1. The van der Waals surface area contributed by atoms with E-state index in [2.05, 4.69) is 4.90 Å². The van der Waals surface area contributed by atoms with E-state index in [1.54, 1.807) is 72.8 Å². The molecular formula is C70H63Cl6F6N6O7S3+. The van der Waals surface area contributed by atoms with Crippen LogP contribution in [0.5, 0.6) is 0 Å². The molecule has 0 N–H and O–H groups in total. The van der Waals surface area contributed by atoms with E-state index >= 15 is 0 Å². The van der Waals surface area contributed by atoms with Crippen LogP contribution in [0.1, 0.15) is 51.5 Å². The van der Waals surface area contributed by atoms with Crippen LogP contribution in [-0.4, -0.2) is 122 Å². The summed E-state index contributed by atoms with van der Waals surface area (Å²) in [6.45, 7) is 1.42. The molecule has 0 saturated carbocycles. The highest BCUT2D eigenvalue weighted by atomic mass is 35.5. The Morgan fingerprint density at radius 2 is 0.592 bits per heavy atom. The van der Waals surface area contributed by atoms with Gasteiger partial charge in [-0.05, 0) is 120 Å². The summed E-state index contributed by atoms with van der Waals surface area (Å²) in [5.41, 5.74) is 5.23. The van der Waals surface area contributed by atoms with Crippen LogP contribution in [0.25, 0.3) is 0 Å². The number of likely N-dealkylation sites (tertiary alicyclic amines) is 3. The number of nitrogens with zero attached hydrogens (tertiary/aromatic N) is 6. The van der Waals surface area contributed by atoms with E-state index in [9.17, 15) is 56.8 Å². The molecule has 13 nitrogen and oxygen atoms in total. The highest BCUT2D eigenvalue weighted by molar-refractivity contribution is 7.92. The molecule has 12 rings (SSSR count). The van der Waals surface area contributed by atoms with Crippen LogP contribution in [0.3, 0.4) is 0 Å². The zero-order valence-electron chi connectivity index (χ0n) is 52.6. The average Bonchev–Trinajstić information content (AvgIpc) is 0.733.